The van der Waals surface area contributed by atoms with E-state index in [1.54, 1.807) is 24.5 Å². The summed E-state index contributed by atoms with van der Waals surface area (Å²) in [7, 11) is 0. The molecule has 0 N–H and O–H groups in total. The summed E-state index contributed by atoms with van der Waals surface area (Å²) in [6.45, 7) is 3.73. The van der Waals surface area contributed by atoms with Crippen LogP contribution in [0.3, 0.4) is 0 Å². The van der Waals surface area contributed by atoms with Gasteiger partial charge in [-0.05, 0) is 68.1 Å². The fraction of sp³-hybridized carbons (Fsp3) is 0.292. The molecule has 6 heteroatoms. The van der Waals surface area contributed by atoms with Gasteiger partial charge in [0.2, 0.25) is 0 Å². The van der Waals surface area contributed by atoms with Crippen LogP contribution in [0.1, 0.15) is 31.9 Å². The Bertz CT molecular complexity index is 1110. The summed E-state index contributed by atoms with van der Waals surface area (Å²) in [6, 6.07) is 12.4. The Morgan fingerprint density at radius 1 is 1.00 bits per heavy atom. The zero-order valence-corrected chi connectivity index (χ0v) is 17.1. The molecule has 0 saturated heterocycles. The molecule has 0 fully saturated rings. The molecular formula is C24H25FN4O. The normalized spacial score (nSPS) is 11.3. The van der Waals surface area contributed by atoms with Gasteiger partial charge in [-0.1, -0.05) is 6.92 Å². The number of imidazole rings is 1. The van der Waals surface area contributed by atoms with Crippen molar-refractivity contribution in [2.24, 2.45) is 0 Å². The lowest BCUT2D eigenvalue weighted by molar-refractivity contribution is 0.131. The van der Waals surface area contributed by atoms with Crippen LogP contribution in [0.5, 0.6) is 0 Å². The van der Waals surface area contributed by atoms with Crippen LogP contribution in [-0.2, 0) is 11.2 Å². The van der Waals surface area contributed by atoms with E-state index in [-0.39, 0.29) is 5.82 Å². The first kappa shape index (κ1) is 20.2. The van der Waals surface area contributed by atoms with E-state index in [4.69, 9.17) is 9.72 Å². The van der Waals surface area contributed by atoms with Crippen molar-refractivity contribution in [1.82, 2.24) is 19.5 Å². The molecule has 5 nitrogen and oxygen atoms in total. The summed E-state index contributed by atoms with van der Waals surface area (Å²) in [5.41, 5.74) is 4.57. The molecule has 154 valence electrons. The summed E-state index contributed by atoms with van der Waals surface area (Å²) in [5.74, 6) is 0.525. The Hall–Kier alpha value is -3.12. The second kappa shape index (κ2) is 9.59. The number of halogens is 1. The first-order valence-electron chi connectivity index (χ1n) is 10.4. The first-order chi connectivity index (χ1) is 14.8. The summed E-state index contributed by atoms with van der Waals surface area (Å²) in [4.78, 5) is 13.6. The maximum Gasteiger partial charge on any atom is 0.145 e. The molecule has 0 radical (unpaired) electrons. The molecule has 4 rings (SSSR count). The summed E-state index contributed by atoms with van der Waals surface area (Å²) < 4.78 is 21.0. The Morgan fingerprint density at radius 2 is 1.87 bits per heavy atom. The van der Waals surface area contributed by atoms with Gasteiger partial charge in [-0.25, -0.2) is 9.37 Å². The number of aromatic nitrogens is 4. The number of fused-ring (bicyclic) bond motifs is 1. The Labute approximate surface area is 175 Å². The highest BCUT2D eigenvalue weighted by molar-refractivity contribution is 5.82. The predicted octanol–water partition coefficient (Wildman–Crippen LogP) is 5.37. The van der Waals surface area contributed by atoms with Crippen LogP contribution in [-0.4, -0.2) is 32.7 Å². The van der Waals surface area contributed by atoms with Gasteiger partial charge in [0.25, 0.3) is 0 Å². The van der Waals surface area contributed by atoms with Crippen molar-refractivity contribution in [3.63, 3.8) is 0 Å². The predicted molar refractivity (Wildman–Crippen MR) is 116 cm³/mol. The third-order valence-corrected chi connectivity index (χ3v) is 4.94. The number of ether oxygens (including phenoxy) is 1. The minimum atomic E-state index is -0.267. The van der Waals surface area contributed by atoms with Crippen LogP contribution >= 0.6 is 0 Å². The monoisotopic (exact) mass is 404 g/mol. The van der Waals surface area contributed by atoms with Gasteiger partial charge in [-0.2, -0.15) is 0 Å². The molecule has 4 aromatic rings. The molecule has 0 spiro atoms. The summed E-state index contributed by atoms with van der Waals surface area (Å²) in [6.07, 6.45) is 9.32. The number of aryl methyl sites for hydroxylation is 1. The van der Waals surface area contributed by atoms with Crippen molar-refractivity contribution >= 4 is 11.0 Å². The third kappa shape index (κ3) is 4.54. The minimum Gasteiger partial charge on any atom is -0.381 e. The number of nitrogens with zero attached hydrogens (tertiary/aromatic N) is 4. The van der Waals surface area contributed by atoms with Crippen LogP contribution in [0, 0.1) is 5.82 Å². The van der Waals surface area contributed by atoms with Crippen LogP contribution in [0.4, 0.5) is 4.39 Å². The van der Waals surface area contributed by atoms with Gasteiger partial charge < -0.3 is 4.74 Å². The molecule has 0 amide bonds. The van der Waals surface area contributed by atoms with Crippen LogP contribution < -0.4 is 0 Å². The molecule has 1 aromatic carbocycles. The van der Waals surface area contributed by atoms with Gasteiger partial charge in [0, 0.05) is 42.6 Å². The molecule has 0 aliphatic carbocycles. The SMILES string of the molecule is CCCOCCCCc1cc(-c2nc3ccncc3n2-c2ccc(F)cc2)ccn1. The molecular weight excluding hydrogens is 379 g/mol. The van der Waals surface area contributed by atoms with Gasteiger partial charge in [-0.15, -0.1) is 0 Å². The number of hydrogen-bond acceptors (Lipinski definition) is 4. The van der Waals surface area contributed by atoms with Gasteiger partial charge in [0.05, 0.1) is 17.2 Å². The quantitative estimate of drug-likeness (QED) is 0.352. The lowest BCUT2D eigenvalue weighted by Crippen LogP contribution is -2.00. The lowest BCUT2D eigenvalue weighted by atomic mass is 10.1. The third-order valence-electron chi connectivity index (χ3n) is 4.94. The average molecular weight is 404 g/mol. The van der Waals surface area contributed by atoms with E-state index in [0.717, 1.165) is 72.7 Å². The smallest absolute Gasteiger partial charge is 0.145 e. The summed E-state index contributed by atoms with van der Waals surface area (Å²) in [5, 5.41) is 0. The zero-order valence-electron chi connectivity index (χ0n) is 17.1. The van der Waals surface area contributed by atoms with Crippen LogP contribution in [0.25, 0.3) is 28.1 Å². The lowest BCUT2D eigenvalue weighted by Gasteiger charge is -2.10. The molecule has 0 atom stereocenters. The molecule has 0 bridgehead atoms. The van der Waals surface area contributed by atoms with E-state index in [9.17, 15) is 4.39 Å². The van der Waals surface area contributed by atoms with Gasteiger partial charge in [-0.3, -0.25) is 14.5 Å². The molecule has 30 heavy (non-hydrogen) atoms. The number of benzene rings is 1. The topological polar surface area (TPSA) is 52.8 Å². The molecule has 0 unspecified atom stereocenters. The highest BCUT2D eigenvalue weighted by atomic mass is 19.1. The van der Waals surface area contributed by atoms with Crippen LogP contribution in [0.2, 0.25) is 0 Å². The molecule has 0 aliphatic heterocycles. The van der Waals surface area contributed by atoms with Crippen molar-refractivity contribution in [3.05, 3.63) is 72.6 Å². The van der Waals surface area contributed by atoms with Crippen molar-refractivity contribution in [3.8, 4) is 17.1 Å². The van der Waals surface area contributed by atoms with Gasteiger partial charge in [0.15, 0.2) is 0 Å². The van der Waals surface area contributed by atoms with E-state index in [1.807, 2.05) is 22.9 Å². The Morgan fingerprint density at radius 3 is 2.70 bits per heavy atom. The fourth-order valence-electron chi connectivity index (χ4n) is 3.48. The van der Waals surface area contributed by atoms with Crippen molar-refractivity contribution < 1.29 is 9.13 Å². The zero-order chi connectivity index (χ0) is 20.8. The average Bonchev–Trinajstić information content (AvgIpc) is 3.17. The van der Waals surface area contributed by atoms with E-state index < -0.39 is 0 Å². The molecule has 0 saturated carbocycles. The van der Waals surface area contributed by atoms with E-state index >= 15 is 0 Å². The second-order valence-corrected chi connectivity index (χ2v) is 7.22. The molecule has 3 aromatic heterocycles. The first-order valence-corrected chi connectivity index (χ1v) is 10.4. The van der Waals surface area contributed by atoms with Crippen molar-refractivity contribution in [2.45, 2.75) is 32.6 Å². The summed E-state index contributed by atoms with van der Waals surface area (Å²) >= 11 is 0. The van der Waals surface area contributed by atoms with Crippen molar-refractivity contribution in [2.75, 3.05) is 13.2 Å². The largest absolute Gasteiger partial charge is 0.381 e. The Kier molecular flexibility index (Phi) is 6.44. The number of rotatable bonds is 9. The minimum absolute atomic E-state index is 0.267. The molecule has 0 aliphatic rings. The van der Waals surface area contributed by atoms with Gasteiger partial charge >= 0.3 is 0 Å². The highest BCUT2D eigenvalue weighted by Gasteiger charge is 2.15. The van der Waals surface area contributed by atoms with Gasteiger partial charge in [0.1, 0.15) is 11.6 Å². The van der Waals surface area contributed by atoms with E-state index in [1.165, 1.54) is 12.1 Å². The standard InChI is InChI=1S/C24H25FN4O/c1-2-14-30-15-4-3-5-20-16-18(10-13-27-20)24-28-22-11-12-26-17-23(22)29(24)21-8-6-19(25)7-9-21/h6-13,16-17H,2-5,14-15H2,1H3. The van der Waals surface area contributed by atoms with E-state index in [2.05, 4.69) is 23.0 Å². The van der Waals surface area contributed by atoms with Crippen LogP contribution in [0.15, 0.2) is 61.1 Å². The Balaban J connectivity index is 1.63. The van der Waals surface area contributed by atoms with Crippen molar-refractivity contribution in [1.29, 1.82) is 0 Å². The number of hydrogen-bond donors (Lipinski definition) is 0. The fourth-order valence-corrected chi connectivity index (χ4v) is 3.48. The van der Waals surface area contributed by atoms with E-state index in [0.29, 0.717) is 0 Å². The number of unbranched alkanes of at least 4 members (excludes halogenated alkanes) is 1. The molecule has 3 heterocycles. The maximum atomic E-state index is 13.5. The second-order valence-electron chi connectivity index (χ2n) is 7.22. The number of pyridine rings is 2. The maximum absolute atomic E-state index is 13.5. The highest BCUT2D eigenvalue weighted by Crippen LogP contribution is 2.28.